The lowest BCUT2D eigenvalue weighted by molar-refractivity contribution is 0.0936. The zero-order valence-corrected chi connectivity index (χ0v) is 11.7. The maximum atomic E-state index is 12.6. The fourth-order valence-corrected chi connectivity index (χ4v) is 1.86. The van der Waals surface area contributed by atoms with Crippen molar-refractivity contribution in [1.82, 2.24) is 5.32 Å². The Morgan fingerprint density at radius 3 is 2.22 bits per heavy atom. The molecule has 2 nitrogen and oxygen atoms in total. The minimum absolute atomic E-state index is 0. The van der Waals surface area contributed by atoms with Crippen LogP contribution in [0.3, 0.4) is 0 Å². The molecule has 0 saturated carbocycles. The molecule has 0 aliphatic carbocycles. The largest absolute Gasteiger partial charge is 0.303 e. The van der Waals surface area contributed by atoms with Crippen LogP contribution in [0.15, 0.2) is 18.2 Å². The van der Waals surface area contributed by atoms with Crippen molar-refractivity contribution in [3.63, 3.8) is 0 Å². The highest BCUT2D eigenvalue weighted by atomic mass is 35.5. The van der Waals surface area contributed by atoms with Gasteiger partial charge in [0, 0.05) is 33.5 Å². The molecule has 1 atom stereocenters. The molecule has 5 heteroatoms. The highest BCUT2D eigenvalue weighted by Crippen LogP contribution is 2.20. The number of benzene rings is 1. The molecule has 0 fully saturated rings. The Bertz CT molecular complexity index is 629. The van der Waals surface area contributed by atoms with Crippen molar-refractivity contribution in [2.24, 2.45) is 0 Å². The third-order valence-corrected chi connectivity index (χ3v) is 2.41. The van der Waals surface area contributed by atoms with Gasteiger partial charge in [-0.05, 0) is 45.7 Å². The van der Waals surface area contributed by atoms with E-state index in [1.54, 1.807) is 0 Å². The molecule has 1 rings (SSSR count). The smallest absolute Gasteiger partial charge is 0.179 e. The summed E-state index contributed by atoms with van der Waals surface area (Å²) in [5.74, 6) is -0.753. The fourth-order valence-electron chi connectivity index (χ4n) is 1.34. The van der Waals surface area contributed by atoms with Crippen LogP contribution in [0.5, 0.6) is 0 Å². The van der Waals surface area contributed by atoms with E-state index < -0.39 is 37.9 Å². The van der Waals surface area contributed by atoms with E-state index >= 15 is 0 Å². The number of hydrogen-bond donors (Lipinski definition) is 1. The van der Waals surface area contributed by atoms with Crippen LogP contribution in [-0.4, -0.2) is 17.4 Å². The predicted molar refractivity (Wildman–Crippen MR) is 80.4 cm³/mol. The quantitative estimate of drug-likeness (QED) is 0.838. The van der Waals surface area contributed by atoms with E-state index in [9.17, 15) is 4.79 Å². The molecule has 0 aliphatic rings. The molecule has 0 bridgehead atoms. The lowest BCUT2D eigenvalue weighted by Crippen LogP contribution is -2.46. The van der Waals surface area contributed by atoms with Crippen LogP contribution >= 0.6 is 35.6 Å². The lowest BCUT2D eigenvalue weighted by Gasteiger charge is -2.25. The molecular weight excluding hydrogens is 293 g/mol. The van der Waals surface area contributed by atoms with E-state index in [0.717, 1.165) is 0 Å². The van der Waals surface area contributed by atoms with Gasteiger partial charge in [0.2, 0.25) is 0 Å². The molecule has 1 aromatic carbocycles. The van der Waals surface area contributed by atoms with Crippen molar-refractivity contribution in [3.8, 4) is 0 Å². The molecule has 1 N–H and O–H groups in total. The summed E-state index contributed by atoms with van der Waals surface area (Å²) in [7, 11) is 0. The second-order valence-corrected chi connectivity index (χ2v) is 4.51. The first kappa shape index (κ1) is 7.49. The first-order chi connectivity index (χ1) is 11.4. The standard InChI is InChI=1S/C13H17Cl2NO.ClH/c1-8(16-13(2,3)4)12(17)9-5-10(14)7-11(15)6-9;/h5-8,16H,1-4H3;1H/i2D3,3D3,4D3;. The van der Waals surface area contributed by atoms with Gasteiger partial charge in [-0.2, -0.15) is 0 Å². The summed E-state index contributed by atoms with van der Waals surface area (Å²) in [6, 6.07) is 2.44. The Hall–Kier alpha value is -0.280. The first-order valence-corrected chi connectivity index (χ1v) is 5.47. The second-order valence-electron chi connectivity index (χ2n) is 3.64. The van der Waals surface area contributed by atoms with Gasteiger partial charge in [0.25, 0.3) is 0 Å². The van der Waals surface area contributed by atoms with E-state index in [4.69, 9.17) is 35.5 Å². The number of rotatable bonds is 3. The van der Waals surface area contributed by atoms with Gasteiger partial charge in [0.15, 0.2) is 5.78 Å². The van der Waals surface area contributed by atoms with Crippen molar-refractivity contribution in [3.05, 3.63) is 33.8 Å². The van der Waals surface area contributed by atoms with Gasteiger partial charge in [0.1, 0.15) is 0 Å². The number of hydrogen-bond acceptors (Lipinski definition) is 2. The molecular formula is C13H18Cl3NO. The van der Waals surface area contributed by atoms with Gasteiger partial charge < -0.3 is 5.32 Å². The van der Waals surface area contributed by atoms with Crippen LogP contribution in [0.1, 0.15) is 50.2 Å². The monoisotopic (exact) mass is 318 g/mol. The van der Waals surface area contributed by atoms with Crippen molar-refractivity contribution in [2.75, 3.05) is 0 Å². The number of ketones is 1. The summed E-state index contributed by atoms with van der Waals surface area (Å²) in [5.41, 5.74) is -3.32. The summed E-state index contributed by atoms with van der Waals surface area (Å²) in [6.45, 7) is -9.19. The molecule has 0 spiro atoms. The Morgan fingerprint density at radius 1 is 1.28 bits per heavy atom. The third kappa shape index (κ3) is 5.57. The average molecular weight is 320 g/mol. The van der Waals surface area contributed by atoms with Crippen molar-refractivity contribution in [2.45, 2.75) is 39.1 Å². The van der Waals surface area contributed by atoms with Gasteiger partial charge in [-0.25, -0.2) is 0 Å². The van der Waals surface area contributed by atoms with Crippen molar-refractivity contribution >= 4 is 41.4 Å². The van der Waals surface area contributed by atoms with E-state index in [0.29, 0.717) is 0 Å². The van der Waals surface area contributed by atoms with Crippen LogP contribution < -0.4 is 5.32 Å². The van der Waals surface area contributed by atoms with Crippen LogP contribution in [-0.2, 0) is 0 Å². The summed E-state index contributed by atoms with van der Waals surface area (Å²) in [6.07, 6.45) is 0. The predicted octanol–water partition coefficient (Wildman–Crippen LogP) is 4.37. The van der Waals surface area contributed by atoms with Crippen LogP contribution in [0, 0.1) is 0 Å². The summed E-state index contributed by atoms with van der Waals surface area (Å²) >= 11 is 11.6. The average Bonchev–Trinajstić information content (AvgIpc) is 2.38. The van der Waals surface area contributed by atoms with Crippen molar-refractivity contribution in [1.29, 1.82) is 0 Å². The minimum atomic E-state index is -3.45. The molecule has 0 heterocycles. The maximum Gasteiger partial charge on any atom is 0.179 e. The Labute approximate surface area is 137 Å². The highest BCUT2D eigenvalue weighted by molar-refractivity contribution is 6.35. The summed E-state index contributed by atoms with van der Waals surface area (Å²) in [4.78, 5) is 12.6. The van der Waals surface area contributed by atoms with Crippen molar-refractivity contribution < 1.29 is 17.1 Å². The Kier molecular flexibility index (Phi) is 2.81. The minimum Gasteiger partial charge on any atom is -0.303 e. The number of nitrogens with one attached hydrogen (secondary N) is 1. The second kappa shape index (κ2) is 6.76. The molecule has 0 amide bonds. The molecule has 0 aromatic heterocycles. The van der Waals surface area contributed by atoms with Crippen LogP contribution in [0.25, 0.3) is 0 Å². The summed E-state index contributed by atoms with van der Waals surface area (Å²) in [5, 5.41) is 2.35. The highest BCUT2D eigenvalue weighted by Gasteiger charge is 2.21. The number of carbonyl (C=O) groups excluding carboxylic acids is 1. The third-order valence-electron chi connectivity index (χ3n) is 1.97. The van der Waals surface area contributed by atoms with E-state index in [-0.39, 0.29) is 28.0 Å². The van der Waals surface area contributed by atoms with Gasteiger partial charge >= 0.3 is 0 Å². The lowest BCUT2D eigenvalue weighted by atomic mass is 10.0. The number of halogens is 3. The Balaban J connectivity index is 0.00000676. The van der Waals surface area contributed by atoms with Gasteiger partial charge in [-0.3, -0.25) is 4.79 Å². The van der Waals surface area contributed by atoms with Gasteiger partial charge in [-0.15, -0.1) is 12.4 Å². The van der Waals surface area contributed by atoms with E-state index in [1.165, 1.54) is 25.1 Å². The van der Waals surface area contributed by atoms with Gasteiger partial charge in [0.05, 0.1) is 6.04 Å². The molecule has 1 unspecified atom stereocenters. The molecule has 102 valence electrons. The zero-order chi connectivity index (χ0) is 20.7. The normalized spacial score (nSPS) is 22.3. The molecule has 0 aliphatic heterocycles. The van der Waals surface area contributed by atoms with Gasteiger partial charge in [-0.1, -0.05) is 23.2 Å². The number of carbonyl (C=O) groups is 1. The SMILES string of the molecule is Cl.[2H]C([2H])([2H])C(NC(C)C(=O)c1cc(Cl)cc(Cl)c1)(C([2H])([2H])[2H])C([2H])([2H])[2H]. The Morgan fingerprint density at radius 2 is 1.78 bits per heavy atom. The van der Waals surface area contributed by atoms with E-state index in [1.807, 2.05) is 0 Å². The van der Waals surface area contributed by atoms with Crippen LogP contribution in [0.2, 0.25) is 10.0 Å². The summed E-state index contributed by atoms with van der Waals surface area (Å²) < 4.78 is 68.0. The topological polar surface area (TPSA) is 29.1 Å². The first-order valence-electron chi connectivity index (χ1n) is 9.22. The molecule has 18 heavy (non-hydrogen) atoms. The maximum absolute atomic E-state index is 12.6. The molecule has 0 saturated heterocycles. The fraction of sp³-hybridized carbons (Fsp3) is 0.462. The molecule has 0 radical (unpaired) electrons. The van der Waals surface area contributed by atoms with Crippen LogP contribution in [0.4, 0.5) is 0 Å². The molecule has 1 aromatic rings. The zero-order valence-electron chi connectivity index (χ0n) is 18.4. The van der Waals surface area contributed by atoms with E-state index in [2.05, 4.69) is 5.32 Å². The number of Topliss-reactive ketones (excluding diaryl/α,β-unsaturated/α-hetero) is 1.